The molecule has 0 fully saturated rings. The van der Waals surface area contributed by atoms with Crippen molar-refractivity contribution < 1.29 is 35.5 Å². The van der Waals surface area contributed by atoms with Crippen LogP contribution in [0.4, 0.5) is 13.2 Å². The number of aryl methyl sites for hydroxylation is 1. The van der Waals surface area contributed by atoms with Crippen molar-refractivity contribution in [2.24, 2.45) is 0 Å². The Kier molecular flexibility index (Phi) is 7.94. The molecule has 10 heteroatoms. The van der Waals surface area contributed by atoms with Crippen LogP contribution in [0.3, 0.4) is 0 Å². The number of furan rings is 1. The van der Waals surface area contributed by atoms with Crippen molar-refractivity contribution in [1.29, 1.82) is 0 Å². The van der Waals surface area contributed by atoms with Gasteiger partial charge in [-0.05, 0) is 61.7 Å². The van der Waals surface area contributed by atoms with Gasteiger partial charge in [-0.1, -0.05) is 42.5 Å². The van der Waals surface area contributed by atoms with Gasteiger partial charge in [-0.25, -0.2) is 13.2 Å². The first-order valence-electron chi connectivity index (χ1n) is 11.9. The number of carbonyl (C=O) groups excluding carboxylic acids is 1. The van der Waals surface area contributed by atoms with E-state index in [2.05, 4.69) is 0 Å². The fourth-order valence-corrected chi connectivity index (χ4v) is 5.54. The highest BCUT2D eigenvalue weighted by Gasteiger charge is 2.31. The van der Waals surface area contributed by atoms with E-state index in [1.165, 1.54) is 34.6 Å². The molecule has 0 saturated heterocycles. The second kappa shape index (κ2) is 11.0. The standard InChI is InChI=1S/C28H26F3NO5S/c1-3-36-27(33)26-19(2)24-17-23(13-14-25(24)37-26)38(34,35)32(16-15-20-7-5-4-6-8-20)18-21-9-11-22(12-10-21)28(29,30)31/h4-14,17H,3,15-16,18H2,1-2H3. The first kappa shape index (κ1) is 27.4. The van der Waals surface area contributed by atoms with Crippen LogP contribution in [0.5, 0.6) is 0 Å². The maximum Gasteiger partial charge on any atom is 0.416 e. The van der Waals surface area contributed by atoms with E-state index in [1.54, 1.807) is 13.8 Å². The highest BCUT2D eigenvalue weighted by Crippen LogP contribution is 2.31. The third kappa shape index (κ3) is 5.92. The molecule has 4 aromatic rings. The van der Waals surface area contributed by atoms with Gasteiger partial charge < -0.3 is 9.15 Å². The zero-order valence-corrected chi connectivity index (χ0v) is 21.6. The number of alkyl halides is 3. The van der Waals surface area contributed by atoms with Crippen LogP contribution in [0.15, 0.2) is 82.1 Å². The lowest BCUT2D eigenvalue weighted by Crippen LogP contribution is -2.32. The molecule has 0 N–H and O–H groups in total. The topological polar surface area (TPSA) is 76.8 Å². The Morgan fingerprint density at radius 3 is 2.29 bits per heavy atom. The molecule has 0 atom stereocenters. The van der Waals surface area contributed by atoms with Crippen LogP contribution < -0.4 is 0 Å². The minimum atomic E-state index is -4.49. The van der Waals surface area contributed by atoms with Gasteiger partial charge in [0.15, 0.2) is 0 Å². The summed E-state index contributed by atoms with van der Waals surface area (Å²) in [6.07, 6.45) is -4.08. The average molecular weight is 546 g/mol. The third-order valence-corrected chi connectivity index (χ3v) is 7.98. The Morgan fingerprint density at radius 1 is 0.974 bits per heavy atom. The van der Waals surface area contributed by atoms with Crippen LogP contribution in [0.25, 0.3) is 11.0 Å². The smallest absolute Gasteiger partial charge is 0.416 e. The fraction of sp³-hybridized carbons (Fsp3) is 0.250. The number of ether oxygens (including phenoxy) is 1. The van der Waals surface area contributed by atoms with Crippen LogP contribution in [0.2, 0.25) is 0 Å². The van der Waals surface area contributed by atoms with Crippen LogP contribution in [0, 0.1) is 6.92 Å². The van der Waals surface area contributed by atoms with Gasteiger partial charge in [0, 0.05) is 24.0 Å². The van der Waals surface area contributed by atoms with E-state index >= 15 is 0 Å². The molecule has 0 spiro atoms. The minimum Gasteiger partial charge on any atom is -0.460 e. The lowest BCUT2D eigenvalue weighted by Gasteiger charge is -2.23. The normalized spacial score (nSPS) is 12.3. The number of nitrogens with zero attached hydrogens (tertiary/aromatic N) is 1. The summed E-state index contributed by atoms with van der Waals surface area (Å²) >= 11 is 0. The van der Waals surface area contributed by atoms with E-state index in [-0.39, 0.29) is 30.4 Å². The molecule has 0 aliphatic rings. The van der Waals surface area contributed by atoms with Gasteiger partial charge in [-0.3, -0.25) is 0 Å². The minimum absolute atomic E-state index is 0.00193. The number of carbonyl (C=O) groups is 1. The van der Waals surface area contributed by atoms with E-state index in [4.69, 9.17) is 9.15 Å². The molecule has 38 heavy (non-hydrogen) atoms. The Hall–Kier alpha value is -3.63. The van der Waals surface area contributed by atoms with E-state index < -0.39 is 27.7 Å². The molecule has 3 aromatic carbocycles. The van der Waals surface area contributed by atoms with Crippen LogP contribution in [0.1, 0.15) is 39.7 Å². The zero-order chi connectivity index (χ0) is 27.5. The first-order chi connectivity index (χ1) is 18.0. The number of fused-ring (bicyclic) bond motifs is 1. The molecular weight excluding hydrogens is 519 g/mol. The van der Waals surface area contributed by atoms with Crippen LogP contribution >= 0.6 is 0 Å². The van der Waals surface area contributed by atoms with Crippen molar-refractivity contribution in [3.05, 3.63) is 101 Å². The summed E-state index contributed by atoms with van der Waals surface area (Å²) in [5, 5.41) is 0.451. The Labute approximate surface area is 218 Å². The quantitative estimate of drug-likeness (QED) is 0.229. The van der Waals surface area contributed by atoms with Crippen molar-refractivity contribution >= 4 is 27.0 Å². The number of hydrogen-bond acceptors (Lipinski definition) is 5. The molecule has 0 amide bonds. The number of rotatable bonds is 9. The summed E-state index contributed by atoms with van der Waals surface area (Å²) in [6.45, 7) is 3.45. The molecule has 200 valence electrons. The lowest BCUT2D eigenvalue weighted by molar-refractivity contribution is -0.137. The van der Waals surface area contributed by atoms with Gasteiger partial charge in [0.25, 0.3) is 0 Å². The molecule has 1 aromatic heterocycles. The van der Waals surface area contributed by atoms with Gasteiger partial charge >= 0.3 is 12.1 Å². The maximum atomic E-state index is 13.8. The highest BCUT2D eigenvalue weighted by molar-refractivity contribution is 7.89. The molecule has 6 nitrogen and oxygen atoms in total. The van der Waals surface area contributed by atoms with Gasteiger partial charge in [0.1, 0.15) is 5.58 Å². The molecule has 0 radical (unpaired) electrons. The highest BCUT2D eigenvalue weighted by atomic mass is 32.2. The van der Waals surface area contributed by atoms with E-state index in [9.17, 15) is 26.4 Å². The number of benzene rings is 3. The fourth-order valence-electron chi connectivity index (χ4n) is 4.09. The summed E-state index contributed by atoms with van der Waals surface area (Å²) in [5.74, 6) is -0.639. The number of hydrogen-bond donors (Lipinski definition) is 0. The molecule has 1 heterocycles. The van der Waals surface area contributed by atoms with Crippen molar-refractivity contribution in [3.8, 4) is 0 Å². The third-order valence-electron chi connectivity index (χ3n) is 6.14. The number of esters is 1. The molecule has 0 saturated carbocycles. The molecule has 0 bridgehead atoms. The van der Waals surface area contributed by atoms with Crippen molar-refractivity contribution in [2.45, 2.75) is 37.9 Å². The number of sulfonamides is 1. The van der Waals surface area contributed by atoms with Gasteiger partial charge in [-0.15, -0.1) is 0 Å². The van der Waals surface area contributed by atoms with Gasteiger partial charge in [0.2, 0.25) is 15.8 Å². The maximum absolute atomic E-state index is 13.8. The Bertz CT molecular complexity index is 1530. The van der Waals surface area contributed by atoms with Crippen molar-refractivity contribution in [3.63, 3.8) is 0 Å². The predicted molar refractivity (Wildman–Crippen MR) is 136 cm³/mol. The monoisotopic (exact) mass is 545 g/mol. The SMILES string of the molecule is CCOC(=O)c1oc2ccc(S(=O)(=O)N(CCc3ccccc3)Cc3ccc(C(F)(F)F)cc3)cc2c1C. The van der Waals surface area contributed by atoms with Gasteiger partial charge in [0.05, 0.1) is 17.1 Å². The van der Waals surface area contributed by atoms with Gasteiger partial charge in [-0.2, -0.15) is 17.5 Å². The molecule has 0 aliphatic heterocycles. The molecule has 0 aliphatic carbocycles. The summed E-state index contributed by atoms with van der Waals surface area (Å²) in [4.78, 5) is 12.2. The Morgan fingerprint density at radius 2 is 1.66 bits per heavy atom. The zero-order valence-electron chi connectivity index (χ0n) is 20.8. The average Bonchev–Trinajstić information content (AvgIpc) is 3.23. The number of halogens is 3. The largest absolute Gasteiger partial charge is 0.460 e. The molecular formula is C28H26F3NO5S. The van der Waals surface area contributed by atoms with Crippen LogP contribution in [-0.4, -0.2) is 31.8 Å². The summed E-state index contributed by atoms with van der Waals surface area (Å²) in [6, 6.07) is 18.0. The molecule has 0 unspecified atom stereocenters. The molecule has 4 rings (SSSR count). The summed E-state index contributed by atoms with van der Waals surface area (Å²) in [5.41, 5.74) is 1.32. The summed E-state index contributed by atoms with van der Waals surface area (Å²) < 4.78 is 78.5. The lowest BCUT2D eigenvalue weighted by atomic mass is 10.1. The Balaban J connectivity index is 1.69. The predicted octanol–water partition coefficient (Wildman–Crippen LogP) is 6.37. The van der Waals surface area contributed by atoms with Crippen LogP contribution in [-0.2, 0) is 33.9 Å². The first-order valence-corrected chi connectivity index (χ1v) is 13.3. The van der Waals surface area contributed by atoms with Crippen molar-refractivity contribution in [2.75, 3.05) is 13.2 Å². The van der Waals surface area contributed by atoms with E-state index in [1.807, 2.05) is 30.3 Å². The van der Waals surface area contributed by atoms with E-state index in [0.717, 1.165) is 17.7 Å². The van der Waals surface area contributed by atoms with E-state index in [0.29, 0.717) is 28.5 Å². The second-order valence-electron chi connectivity index (χ2n) is 8.70. The van der Waals surface area contributed by atoms with Crippen molar-refractivity contribution in [1.82, 2.24) is 4.31 Å². The summed E-state index contributed by atoms with van der Waals surface area (Å²) in [7, 11) is -4.08. The second-order valence-corrected chi connectivity index (χ2v) is 10.6.